The smallest absolute Gasteiger partial charge is 0.296 e. The molecule has 4 aromatic rings. The molecule has 1 amide bonds. The van der Waals surface area contributed by atoms with Gasteiger partial charge in [0.15, 0.2) is 0 Å². The van der Waals surface area contributed by atoms with Gasteiger partial charge < -0.3 is 9.47 Å². The van der Waals surface area contributed by atoms with E-state index in [1.54, 1.807) is 43.5 Å². The number of hydrogen-bond donors (Lipinski definition) is 2. The van der Waals surface area contributed by atoms with E-state index in [1.807, 2.05) is 6.92 Å². The zero-order chi connectivity index (χ0) is 25.9. The molecule has 3 heterocycles. The molecule has 0 aliphatic heterocycles. The fourth-order valence-corrected chi connectivity index (χ4v) is 4.54. The Bertz CT molecular complexity index is 1520. The summed E-state index contributed by atoms with van der Waals surface area (Å²) in [6.07, 6.45) is 4.21. The Morgan fingerprint density at radius 3 is 2.64 bits per heavy atom. The SMILES string of the molecule is COc1ccc(Cl)cc1-c1cc(C)ncc1C(=O)Nc1nnc(OCc2ccc([S@](C)(=N)=O)cn2)s1. The fraction of sp³-hybridized carbons (Fsp3) is 0.174. The fourth-order valence-electron chi connectivity index (χ4n) is 3.20. The van der Waals surface area contributed by atoms with Crippen LogP contribution in [0.25, 0.3) is 11.1 Å². The molecule has 2 N–H and O–H groups in total. The lowest BCUT2D eigenvalue weighted by atomic mass is 9.99. The van der Waals surface area contributed by atoms with E-state index < -0.39 is 15.6 Å². The highest BCUT2D eigenvalue weighted by Gasteiger charge is 2.19. The van der Waals surface area contributed by atoms with Crippen LogP contribution in [0.5, 0.6) is 10.9 Å². The maximum absolute atomic E-state index is 13.1. The highest BCUT2D eigenvalue weighted by Crippen LogP contribution is 2.35. The zero-order valence-electron chi connectivity index (χ0n) is 19.4. The summed E-state index contributed by atoms with van der Waals surface area (Å²) < 4.78 is 30.4. The number of hydrogen-bond acceptors (Lipinski definition) is 10. The molecule has 3 aromatic heterocycles. The third kappa shape index (κ3) is 5.96. The van der Waals surface area contributed by atoms with Gasteiger partial charge in [0.25, 0.3) is 11.1 Å². The number of carbonyl (C=O) groups is 1. The summed E-state index contributed by atoms with van der Waals surface area (Å²) in [4.78, 5) is 21.9. The number of aromatic nitrogens is 4. The van der Waals surface area contributed by atoms with E-state index in [4.69, 9.17) is 25.9 Å². The van der Waals surface area contributed by atoms with Crippen molar-refractivity contribution in [2.24, 2.45) is 0 Å². The Hall–Kier alpha value is -3.61. The van der Waals surface area contributed by atoms with Crippen molar-refractivity contribution < 1.29 is 18.5 Å². The number of pyridine rings is 2. The number of ether oxygens (including phenoxy) is 2. The van der Waals surface area contributed by atoms with Gasteiger partial charge in [-0.3, -0.25) is 20.1 Å². The predicted octanol–water partition coefficient (Wildman–Crippen LogP) is 4.83. The van der Waals surface area contributed by atoms with Crippen LogP contribution in [0, 0.1) is 11.7 Å². The van der Waals surface area contributed by atoms with E-state index in [0.29, 0.717) is 38.1 Å². The molecule has 0 aliphatic carbocycles. The van der Waals surface area contributed by atoms with E-state index >= 15 is 0 Å². The molecule has 0 fully saturated rings. The molecule has 0 unspecified atom stereocenters. The molecule has 0 saturated carbocycles. The highest BCUT2D eigenvalue weighted by atomic mass is 35.5. The number of anilines is 1. The van der Waals surface area contributed by atoms with Crippen molar-refractivity contribution in [1.82, 2.24) is 20.2 Å². The molecular weight excluding hydrogens is 524 g/mol. The van der Waals surface area contributed by atoms with Crippen LogP contribution in [-0.2, 0) is 16.3 Å². The van der Waals surface area contributed by atoms with Gasteiger partial charge in [0.2, 0.25) is 5.13 Å². The minimum Gasteiger partial charge on any atom is -0.496 e. The number of amides is 1. The summed E-state index contributed by atoms with van der Waals surface area (Å²) >= 11 is 7.25. The van der Waals surface area contributed by atoms with Crippen molar-refractivity contribution in [2.45, 2.75) is 18.4 Å². The molecule has 0 spiro atoms. The Balaban J connectivity index is 1.49. The van der Waals surface area contributed by atoms with Crippen LogP contribution < -0.4 is 14.8 Å². The van der Waals surface area contributed by atoms with Gasteiger partial charge in [-0.05, 0) is 54.7 Å². The normalized spacial score (nSPS) is 12.6. The molecular formula is C23H21ClN6O4S2. The summed E-state index contributed by atoms with van der Waals surface area (Å²) in [5, 5.41) is 11.6. The number of nitrogens with zero attached hydrogens (tertiary/aromatic N) is 4. The molecule has 36 heavy (non-hydrogen) atoms. The quantitative estimate of drug-likeness (QED) is 0.321. The molecule has 10 nitrogen and oxygen atoms in total. The number of benzene rings is 1. The highest BCUT2D eigenvalue weighted by molar-refractivity contribution is 7.91. The second-order valence-corrected chi connectivity index (χ2v) is 11.2. The van der Waals surface area contributed by atoms with Crippen LogP contribution in [0.2, 0.25) is 5.02 Å². The predicted molar refractivity (Wildman–Crippen MR) is 137 cm³/mol. The van der Waals surface area contributed by atoms with E-state index in [1.165, 1.54) is 18.6 Å². The molecule has 1 atom stereocenters. The van der Waals surface area contributed by atoms with Crippen LogP contribution in [0.1, 0.15) is 21.7 Å². The number of halogens is 1. The second-order valence-electron chi connectivity index (χ2n) is 7.66. The van der Waals surface area contributed by atoms with E-state index in [2.05, 4.69) is 25.5 Å². The number of carbonyl (C=O) groups excluding carboxylic acids is 1. The average Bonchev–Trinajstić information content (AvgIpc) is 3.29. The number of methoxy groups -OCH3 is 1. The minimum atomic E-state index is -2.83. The maximum Gasteiger partial charge on any atom is 0.296 e. The van der Waals surface area contributed by atoms with Crippen molar-refractivity contribution >= 4 is 43.7 Å². The van der Waals surface area contributed by atoms with Crippen LogP contribution in [-0.4, -0.2) is 43.6 Å². The third-order valence-electron chi connectivity index (χ3n) is 4.95. The van der Waals surface area contributed by atoms with Gasteiger partial charge in [0.1, 0.15) is 12.4 Å². The van der Waals surface area contributed by atoms with Crippen molar-refractivity contribution in [1.29, 1.82) is 4.78 Å². The molecule has 186 valence electrons. The first kappa shape index (κ1) is 25.5. The monoisotopic (exact) mass is 544 g/mol. The lowest BCUT2D eigenvalue weighted by molar-refractivity contribution is 0.102. The standard InChI is InChI=1S/C23H21ClN6O4S2/c1-13-8-17(18-9-14(24)4-7-20(18)33-2)19(11-26-13)21(31)28-22-29-30-23(35-22)34-12-15-5-6-16(10-27-15)36(3,25)32/h4-11,25H,12H2,1-3H3,(H,28,29,31)/t36-/m1/s1. The Morgan fingerprint density at radius 1 is 1.14 bits per heavy atom. The van der Waals surface area contributed by atoms with Crippen LogP contribution in [0.3, 0.4) is 0 Å². The average molecular weight is 545 g/mol. The van der Waals surface area contributed by atoms with Crippen LogP contribution in [0.4, 0.5) is 5.13 Å². The van der Waals surface area contributed by atoms with Crippen molar-refractivity contribution in [3.63, 3.8) is 0 Å². The molecule has 0 saturated heterocycles. The summed E-state index contributed by atoms with van der Waals surface area (Å²) in [6, 6.07) is 10.2. The maximum atomic E-state index is 13.1. The van der Waals surface area contributed by atoms with Gasteiger partial charge in [0.05, 0.1) is 33.0 Å². The largest absolute Gasteiger partial charge is 0.496 e. The second kappa shape index (κ2) is 10.6. The topological polar surface area (TPSA) is 140 Å². The minimum absolute atomic E-state index is 0.0896. The van der Waals surface area contributed by atoms with Gasteiger partial charge in [-0.1, -0.05) is 16.7 Å². The van der Waals surface area contributed by atoms with Crippen LogP contribution >= 0.6 is 22.9 Å². The van der Waals surface area contributed by atoms with Crippen molar-refractivity contribution in [3.8, 4) is 22.1 Å². The molecule has 0 bridgehead atoms. The Kier molecular flexibility index (Phi) is 7.48. The van der Waals surface area contributed by atoms with E-state index in [-0.39, 0.29) is 16.9 Å². The zero-order valence-corrected chi connectivity index (χ0v) is 21.8. The molecule has 13 heteroatoms. The van der Waals surface area contributed by atoms with Gasteiger partial charge in [-0.15, -0.1) is 5.10 Å². The first-order chi connectivity index (χ1) is 17.1. The van der Waals surface area contributed by atoms with Gasteiger partial charge in [-0.25, -0.2) is 8.99 Å². The van der Waals surface area contributed by atoms with Gasteiger partial charge >= 0.3 is 0 Å². The number of aryl methyl sites for hydroxylation is 1. The first-order valence-electron chi connectivity index (χ1n) is 10.4. The van der Waals surface area contributed by atoms with E-state index in [0.717, 1.165) is 17.0 Å². The van der Waals surface area contributed by atoms with Crippen molar-refractivity contribution in [3.05, 3.63) is 70.8 Å². The lowest BCUT2D eigenvalue weighted by Crippen LogP contribution is -2.14. The third-order valence-corrected chi connectivity index (χ3v) is 7.08. The Morgan fingerprint density at radius 2 is 1.94 bits per heavy atom. The number of rotatable bonds is 8. The lowest BCUT2D eigenvalue weighted by Gasteiger charge is -2.13. The summed E-state index contributed by atoms with van der Waals surface area (Å²) in [6.45, 7) is 1.92. The van der Waals surface area contributed by atoms with Gasteiger partial charge in [0, 0.05) is 40.5 Å². The molecule has 4 rings (SSSR count). The summed E-state index contributed by atoms with van der Waals surface area (Å²) in [5.74, 6) is 0.134. The molecule has 0 radical (unpaired) electrons. The van der Waals surface area contributed by atoms with Gasteiger partial charge in [-0.2, -0.15) is 0 Å². The Labute approximate surface area is 216 Å². The number of nitrogens with one attached hydrogen (secondary N) is 2. The van der Waals surface area contributed by atoms with E-state index in [9.17, 15) is 9.00 Å². The molecule has 1 aromatic carbocycles. The van der Waals surface area contributed by atoms with Crippen LogP contribution in [0.15, 0.2) is 53.7 Å². The summed E-state index contributed by atoms with van der Waals surface area (Å²) in [7, 11) is -1.28. The summed E-state index contributed by atoms with van der Waals surface area (Å²) in [5.41, 5.74) is 2.86. The van der Waals surface area contributed by atoms with Crippen molar-refractivity contribution in [2.75, 3.05) is 18.7 Å². The molecule has 0 aliphatic rings. The first-order valence-corrected chi connectivity index (χ1v) is 13.6.